The molecule has 1 aromatic carbocycles. The SMILES string of the molecule is CCOc1ccc(C=C2C(=O)NC(=O)N(C3CCCCC3)C2=O)c(OCC)c1. The van der Waals surface area contributed by atoms with Crippen molar-refractivity contribution in [3.63, 3.8) is 0 Å². The summed E-state index contributed by atoms with van der Waals surface area (Å²) in [5, 5.41) is 2.30. The Bertz CT molecular complexity index is 796. The molecule has 0 unspecified atom stereocenters. The minimum Gasteiger partial charge on any atom is -0.494 e. The molecule has 7 heteroatoms. The van der Waals surface area contributed by atoms with Crippen molar-refractivity contribution in [1.29, 1.82) is 0 Å². The lowest BCUT2D eigenvalue weighted by atomic mass is 9.93. The van der Waals surface area contributed by atoms with E-state index >= 15 is 0 Å². The summed E-state index contributed by atoms with van der Waals surface area (Å²) < 4.78 is 11.1. The zero-order chi connectivity index (χ0) is 20.1. The number of rotatable bonds is 6. The Morgan fingerprint density at radius 3 is 2.46 bits per heavy atom. The molecule has 2 fully saturated rings. The molecule has 1 aromatic rings. The normalized spacial score (nSPS) is 19.7. The van der Waals surface area contributed by atoms with E-state index in [2.05, 4.69) is 5.32 Å². The van der Waals surface area contributed by atoms with Crippen LogP contribution < -0.4 is 14.8 Å². The van der Waals surface area contributed by atoms with Gasteiger partial charge in [-0.25, -0.2) is 4.79 Å². The van der Waals surface area contributed by atoms with Crippen molar-refractivity contribution in [1.82, 2.24) is 10.2 Å². The van der Waals surface area contributed by atoms with Gasteiger partial charge in [-0.3, -0.25) is 19.8 Å². The van der Waals surface area contributed by atoms with Crippen LogP contribution in [0.15, 0.2) is 23.8 Å². The predicted octanol–water partition coefficient (Wildman–Crippen LogP) is 3.28. The Kier molecular flexibility index (Phi) is 6.34. The average molecular weight is 386 g/mol. The summed E-state index contributed by atoms with van der Waals surface area (Å²) >= 11 is 0. The Morgan fingerprint density at radius 1 is 1.07 bits per heavy atom. The van der Waals surface area contributed by atoms with Crippen LogP contribution >= 0.6 is 0 Å². The van der Waals surface area contributed by atoms with Crippen molar-refractivity contribution in [3.8, 4) is 11.5 Å². The fourth-order valence-electron chi connectivity index (χ4n) is 3.67. The third kappa shape index (κ3) is 4.18. The summed E-state index contributed by atoms with van der Waals surface area (Å²) in [5.41, 5.74) is 0.525. The molecular formula is C21H26N2O5. The maximum atomic E-state index is 13.0. The van der Waals surface area contributed by atoms with Gasteiger partial charge in [0.05, 0.1) is 13.2 Å². The van der Waals surface area contributed by atoms with Gasteiger partial charge in [0.15, 0.2) is 0 Å². The third-order valence-corrected chi connectivity index (χ3v) is 4.97. The van der Waals surface area contributed by atoms with Gasteiger partial charge in [0.2, 0.25) is 0 Å². The van der Waals surface area contributed by atoms with E-state index in [9.17, 15) is 14.4 Å². The van der Waals surface area contributed by atoms with Gasteiger partial charge in [0, 0.05) is 17.7 Å². The topological polar surface area (TPSA) is 84.9 Å². The first-order valence-electron chi connectivity index (χ1n) is 9.85. The van der Waals surface area contributed by atoms with Crippen LogP contribution in [0.3, 0.4) is 0 Å². The first-order valence-corrected chi connectivity index (χ1v) is 9.85. The van der Waals surface area contributed by atoms with E-state index in [-0.39, 0.29) is 11.6 Å². The molecule has 0 aromatic heterocycles. The lowest BCUT2D eigenvalue weighted by Gasteiger charge is -2.35. The molecule has 150 valence electrons. The molecule has 7 nitrogen and oxygen atoms in total. The number of carbonyl (C=O) groups is 3. The van der Waals surface area contributed by atoms with E-state index in [1.165, 1.54) is 11.0 Å². The summed E-state index contributed by atoms with van der Waals surface area (Å²) in [6.07, 6.45) is 6.08. The van der Waals surface area contributed by atoms with E-state index in [0.717, 1.165) is 32.1 Å². The van der Waals surface area contributed by atoms with Crippen molar-refractivity contribution < 1.29 is 23.9 Å². The summed E-state index contributed by atoms with van der Waals surface area (Å²) in [5.74, 6) is -0.0652. The van der Waals surface area contributed by atoms with Crippen LogP contribution in [-0.2, 0) is 9.59 Å². The predicted molar refractivity (Wildman–Crippen MR) is 104 cm³/mol. The van der Waals surface area contributed by atoms with Crippen LogP contribution in [0.1, 0.15) is 51.5 Å². The van der Waals surface area contributed by atoms with E-state index in [1.807, 2.05) is 13.8 Å². The summed E-state index contributed by atoms with van der Waals surface area (Å²) in [7, 11) is 0. The van der Waals surface area contributed by atoms with Gasteiger partial charge in [0.25, 0.3) is 11.8 Å². The summed E-state index contributed by atoms with van der Waals surface area (Å²) in [6.45, 7) is 4.69. The lowest BCUT2D eigenvalue weighted by Crippen LogP contribution is -2.58. The van der Waals surface area contributed by atoms with Crippen LogP contribution in [0, 0.1) is 0 Å². The van der Waals surface area contributed by atoms with Gasteiger partial charge in [-0.2, -0.15) is 0 Å². The maximum Gasteiger partial charge on any atom is 0.331 e. The highest BCUT2D eigenvalue weighted by molar-refractivity contribution is 6.31. The number of nitrogens with one attached hydrogen (secondary N) is 1. The molecule has 1 aliphatic carbocycles. The highest BCUT2D eigenvalue weighted by Gasteiger charge is 2.40. The van der Waals surface area contributed by atoms with E-state index in [0.29, 0.717) is 30.3 Å². The second-order valence-corrected chi connectivity index (χ2v) is 6.85. The van der Waals surface area contributed by atoms with Crippen molar-refractivity contribution in [2.24, 2.45) is 0 Å². The number of ether oxygens (including phenoxy) is 2. The van der Waals surface area contributed by atoms with Crippen LogP contribution in [0.4, 0.5) is 4.79 Å². The molecule has 1 aliphatic heterocycles. The molecule has 3 rings (SSSR count). The number of benzene rings is 1. The first-order chi connectivity index (χ1) is 13.5. The Balaban J connectivity index is 1.94. The molecule has 0 bridgehead atoms. The van der Waals surface area contributed by atoms with Gasteiger partial charge >= 0.3 is 6.03 Å². The van der Waals surface area contributed by atoms with E-state index in [1.54, 1.807) is 18.2 Å². The molecule has 1 N–H and O–H groups in total. The number of carbonyl (C=O) groups excluding carboxylic acids is 3. The number of barbiturate groups is 1. The second-order valence-electron chi connectivity index (χ2n) is 6.85. The van der Waals surface area contributed by atoms with Crippen molar-refractivity contribution in [2.45, 2.75) is 52.0 Å². The highest BCUT2D eigenvalue weighted by atomic mass is 16.5. The van der Waals surface area contributed by atoms with Gasteiger partial charge in [-0.05, 0) is 44.9 Å². The number of nitrogens with zero attached hydrogens (tertiary/aromatic N) is 1. The molecule has 1 saturated heterocycles. The Labute approximate surface area is 164 Å². The van der Waals surface area contributed by atoms with Crippen LogP contribution in [0.2, 0.25) is 0 Å². The second kappa shape index (κ2) is 8.91. The smallest absolute Gasteiger partial charge is 0.331 e. The van der Waals surface area contributed by atoms with Gasteiger partial charge in [-0.1, -0.05) is 19.3 Å². The van der Waals surface area contributed by atoms with Crippen LogP contribution in [-0.4, -0.2) is 42.0 Å². The minimum absolute atomic E-state index is 0.0599. The third-order valence-electron chi connectivity index (χ3n) is 4.97. The van der Waals surface area contributed by atoms with Gasteiger partial charge in [-0.15, -0.1) is 0 Å². The number of imide groups is 2. The number of hydrogen-bond donors (Lipinski definition) is 1. The molecule has 4 amide bonds. The van der Waals surface area contributed by atoms with Crippen LogP contribution in [0.25, 0.3) is 6.08 Å². The van der Waals surface area contributed by atoms with Crippen molar-refractivity contribution >= 4 is 23.9 Å². The Morgan fingerprint density at radius 2 is 1.79 bits per heavy atom. The first kappa shape index (κ1) is 19.9. The maximum absolute atomic E-state index is 13.0. The lowest BCUT2D eigenvalue weighted by molar-refractivity contribution is -0.132. The largest absolute Gasteiger partial charge is 0.494 e. The quantitative estimate of drug-likeness (QED) is 0.599. The average Bonchev–Trinajstić information content (AvgIpc) is 2.68. The monoisotopic (exact) mass is 386 g/mol. The Hall–Kier alpha value is -2.83. The molecule has 0 radical (unpaired) electrons. The van der Waals surface area contributed by atoms with Gasteiger partial charge in [0.1, 0.15) is 17.1 Å². The number of hydrogen-bond acceptors (Lipinski definition) is 5. The fourth-order valence-corrected chi connectivity index (χ4v) is 3.67. The van der Waals surface area contributed by atoms with Crippen LogP contribution in [0.5, 0.6) is 11.5 Å². The van der Waals surface area contributed by atoms with E-state index in [4.69, 9.17) is 9.47 Å². The summed E-state index contributed by atoms with van der Waals surface area (Å²) in [4.78, 5) is 38.9. The highest BCUT2D eigenvalue weighted by Crippen LogP contribution is 2.30. The van der Waals surface area contributed by atoms with E-state index < -0.39 is 17.8 Å². The van der Waals surface area contributed by atoms with Crippen molar-refractivity contribution in [2.75, 3.05) is 13.2 Å². The fraction of sp³-hybridized carbons (Fsp3) is 0.476. The zero-order valence-electron chi connectivity index (χ0n) is 16.3. The zero-order valence-corrected chi connectivity index (χ0v) is 16.3. The minimum atomic E-state index is -0.682. The molecule has 1 saturated carbocycles. The number of urea groups is 1. The molecule has 28 heavy (non-hydrogen) atoms. The summed E-state index contributed by atoms with van der Waals surface area (Å²) in [6, 6.07) is 4.44. The molecule has 0 spiro atoms. The molecule has 1 heterocycles. The molecule has 0 atom stereocenters. The van der Waals surface area contributed by atoms with Crippen molar-refractivity contribution in [3.05, 3.63) is 29.3 Å². The van der Waals surface area contributed by atoms with Gasteiger partial charge < -0.3 is 9.47 Å². The molecule has 2 aliphatic rings. The number of amides is 4. The molecular weight excluding hydrogens is 360 g/mol. The standard InChI is InChI=1S/C21H26N2O5/c1-3-27-16-11-10-14(18(13-16)28-4-2)12-17-19(24)22-21(26)23(20(17)25)15-8-6-5-7-9-15/h10-13,15H,3-9H2,1-2H3,(H,22,24,26).